The number of allylic oxidation sites excluding steroid dienone is 2. The van der Waals surface area contributed by atoms with Gasteiger partial charge in [0.15, 0.2) is 0 Å². The summed E-state index contributed by atoms with van der Waals surface area (Å²) in [6.45, 7) is 8.44. The first-order chi connectivity index (χ1) is 6.82. The number of H-pyrrole nitrogens is 1. The van der Waals surface area contributed by atoms with Crippen LogP contribution in [-0.4, -0.2) is 10.1 Å². The van der Waals surface area contributed by atoms with Gasteiger partial charge < -0.3 is 10.1 Å². The van der Waals surface area contributed by atoms with E-state index in [1.165, 1.54) is 6.08 Å². The van der Waals surface area contributed by atoms with Crippen LogP contribution in [0.25, 0.3) is 6.08 Å². The van der Waals surface area contributed by atoms with Gasteiger partial charge in [0.05, 0.1) is 5.60 Å². The van der Waals surface area contributed by atoms with E-state index in [4.69, 9.17) is 0 Å². The summed E-state index contributed by atoms with van der Waals surface area (Å²) in [7, 11) is 0. The molecule has 1 rings (SSSR count). The SMILES string of the molecule is C=C(F)/C=C\c1[nH]cc(C(C)(C)O)c1C. The van der Waals surface area contributed by atoms with Gasteiger partial charge in [-0.2, -0.15) is 0 Å². The second-order valence-corrected chi connectivity index (χ2v) is 4.08. The molecule has 0 unspecified atom stereocenters. The fraction of sp³-hybridized carbons (Fsp3) is 0.333. The summed E-state index contributed by atoms with van der Waals surface area (Å²) in [6, 6.07) is 0. The van der Waals surface area contributed by atoms with E-state index in [1.807, 2.05) is 6.92 Å². The van der Waals surface area contributed by atoms with Crippen LogP contribution in [0.5, 0.6) is 0 Å². The highest BCUT2D eigenvalue weighted by Gasteiger charge is 2.20. The van der Waals surface area contributed by atoms with Gasteiger partial charge in [-0.25, -0.2) is 4.39 Å². The maximum atomic E-state index is 12.4. The summed E-state index contributed by atoms with van der Waals surface area (Å²) >= 11 is 0. The van der Waals surface area contributed by atoms with Crippen molar-refractivity contribution in [2.24, 2.45) is 0 Å². The summed E-state index contributed by atoms with van der Waals surface area (Å²) in [5, 5.41) is 9.82. The van der Waals surface area contributed by atoms with Crippen molar-refractivity contribution < 1.29 is 9.50 Å². The van der Waals surface area contributed by atoms with Crippen LogP contribution < -0.4 is 0 Å². The van der Waals surface area contributed by atoms with E-state index in [1.54, 1.807) is 26.1 Å². The van der Waals surface area contributed by atoms with Gasteiger partial charge in [-0.1, -0.05) is 6.58 Å². The van der Waals surface area contributed by atoms with Crippen molar-refractivity contribution >= 4 is 6.08 Å². The second kappa shape index (κ2) is 4.03. The average Bonchev–Trinajstić information content (AvgIpc) is 2.42. The van der Waals surface area contributed by atoms with E-state index in [2.05, 4.69) is 11.6 Å². The van der Waals surface area contributed by atoms with Crippen molar-refractivity contribution in [3.63, 3.8) is 0 Å². The van der Waals surface area contributed by atoms with Gasteiger partial charge >= 0.3 is 0 Å². The fourth-order valence-electron chi connectivity index (χ4n) is 1.49. The number of aromatic nitrogens is 1. The first-order valence-electron chi connectivity index (χ1n) is 4.75. The lowest BCUT2D eigenvalue weighted by molar-refractivity contribution is 0.0781. The molecule has 2 nitrogen and oxygen atoms in total. The van der Waals surface area contributed by atoms with Crippen molar-refractivity contribution in [3.05, 3.63) is 41.5 Å². The third-order valence-corrected chi connectivity index (χ3v) is 2.27. The van der Waals surface area contributed by atoms with E-state index in [-0.39, 0.29) is 0 Å². The fourth-order valence-corrected chi connectivity index (χ4v) is 1.49. The lowest BCUT2D eigenvalue weighted by Crippen LogP contribution is -2.15. The molecule has 0 aliphatic heterocycles. The van der Waals surface area contributed by atoms with E-state index in [9.17, 15) is 9.50 Å². The Balaban J connectivity index is 3.05. The Hall–Kier alpha value is -1.35. The quantitative estimate of drug-likeness (QED) is 0.737. The van der Waals surface area contributed by atoms with Crippen LogP contribution in [0.1, 0.15) is 30.7 Å². The van der Waals surface area contributed by atoms with E-state index in [0.717, 1.165) is 16.8 Å². The van der Waals surface area contributed by atoms with Crippen LogP contribution >= 0.6 is 0 Å². The standard InChI is InChI=1S/C12H16FNO/c1-8(13)5-6-11-9(2)10(7-14-11)12(3,4)15/h5-7,14-15H,1H2,2-4H3/b6-5-. The first-order valence-corrected chi connectivity index (χ1v) is 4.75. The molecule has 0 bridgehead atoms. The maximum Gasteiger partial charge on any atom is 0.116 e. The topological polar surface area (TPSA) is 36.0 Å². The van der Waals surface area contributed by atoms with E-state index >= 15 is 0 Å². The number of nitrogens with one attached hydrogen (secondary N) is 1. The Morgan fingerprint density at radius 1 is 1.60 bits per heavy atom. The number of rotatable bonds is 3. The summed E-state index contributed by atoms with van der Waals surface area (Å²) in [6.07, 6.45) is 4.62. The molecule has 2 N–H and O–H groups in total. The molecule has 0 aliphatic carbocycles. The third-order valence-electron chi connectivity index (χ3n) is 2.27. The maximum absolute atomic E-state index is 12.4. The molecule has 0 aliphatic rings. The summed E-state index contributed by atoms with van der Waals surface area (Å²) in [4.78, 5) is 2.98. The molecule has 1 aromatic rings. The zero-order valence-electron chi connectivity index (χ0n) is 9.26. The number of hydrogen-bond acceptors (Lipinski definition) is 1. The number of aromatic amines is 1. The molecular formula is C12H16FNO. The van der Waals surface area contributed by atoms with Crippen molar-refractivity contribution in [2.45, 2.75) is 26.4 Å². The van der Waals surface area contributed by atoms with Crippen LogP contribution in [0.3, 0.4) is 0 Å². The van der Waals surface area contributed by atoms with E-state index < -0.39 is 11.4 Å². The molecule has 1 heterocycles. The molecule has 3 heteroatoms. The van der Waals surface area contributed by atoms with Crippen LogP contribution in [0.2, 0.25) is 0 Å². The third kappa shape index (κ3) is 2.80. The number of hydrogen-bond donors (Lipinski definition) is 2. The minimum atomic E-state index is -0.889. The molecule has 82 valence electrons. The molecule has 0 aromatic carbocycles. The zero-order chi connectivity index (χ0) is 11.6. The first kappa shape index (κ1) is 11.7. The monoisotopic (exact) mass is 209 g/mol. The van der Waals surface area contributed by atoms with Crippen molar-refractivity contribution in [1.29, 1.82) is 0 Å². The van der Waals surface area contributed by atoms with Crippen LogP contribution in [0.4, 0.5) is 4.39 Å². The Labute approximate surface area is 89.1 Å². The normalized spacial score (nSPS) is 12.3. The van der Waals surface area contributed by atoms with Gasteiger partial charge in [0.2, 0.25) is 0 Å². The molecule has 0 fully saturated rings. The van der Waals surface area contributed by atoms with E-state index in [0.29, 0.717) is 0 Å². The largest absolute Gasteiger partial charge is 0.386 e. The molecular weight excluding hydrogens is 193 g/mol. The number of aliphatic hydroxyl groups is 1. The summed E-state index contributed by atoms with van der Waals surface area (Å²) in [5.74, 6) is -0.492. The Kier molecular flexibility index (Phi) is 3.15. The second-order valence-electron chi connectivity index (χ2n) is 4.08. The molecule has 0 atom stereocenters. The molecule has 0 amide bonds. The Morgan fingerprint density at radius 3 is 2.60 bits per heavy atom. The highest BCUT2D eigenvalue weighted by atomic mass is 19.1. The lowest BCUT2D eigenvalue weighted by Gasteiger charge is -2.16. The highest BCUT2D eigenvalue weighted by Crippen LogP contribution is 2.26. The predicted molar refractivity (Wildman–Crippen MR) is 60.1 cm³/mol. The van der Waals surface area contributed by atoms with Crippen molar-refractivity contribution in [1.82, 2.24) is 4.98 Å². The predicted octanol–water partition coefficient (Wildman–Crippen LogP) is 3.05. The van der Waals surface area contributed by atoms with Crippen molar-refractivity contribution in [2.75, 3.05) is 0 Å². The van der Waals surface area contributed by atoms with Gasteiger partial charge in [-0.05, 0) is 38.5 Å². The summed E-state index contributed by atoms with van der Waals surface area (Å²) < 4.78 is 12.4. The molecule has 0 spiro atoms. The van der Waals surface area contributed by atoms with Crippen molar-refractivity contribution in [3.8, 4) is 0 Å². The molecule has 0 radical (unpaired) electrons. The van der Waals surface area contributed by atoms with Crippen LogP contribution in [-0.2, 0) is 5.60 Å². The number of halogens is 1. The van der Waals surface area contributed by atoms with Gasteiger partial charge in [0.25, 0.3) is 0 Å². The zero-order valence-corrected chi connectivity index (χ0v) is 9.26. The van der Waals surface area contributed by atoms with Gasteiger partial charge in [0, 0.05) is 17.5 Å². The van der Waals surface area contributed by atoms with Gasteiger partial charge in [-0.15, -0.1) is 0 Å². The Bertz CT molecular complexity index is 396. The highest BCUT2D eigenvalue weighted by molar-refractivity contribution is 5.54. The van der Waals surface area contributed by atoms with Gasteiger partial charge in [-0.3, -0.25) is 0 Å². The molecule has 0 saturated carbocycles. The molecule has 1 aromatic heterocycles. The lowest BCUT2D eigenvalue weighted by atomic mass is 9.97. The van der Waals surface area contributed by atoms with Crippen LogP contribution in [0.15, 0.2) is 24.7 Å². The average molecular weight is 209 g/mol. The molecule has 15 heavy (non-hydrogen) atoms. The van der Waals surface area contributed by atoms with Crippen LogP contribution in [0, 0.1) is 6.92 Å². The van der Waals surface area contributed by atoms with Gasteiger partial charge in [0.1, 0.15) is 5.83 Å². The summed E-state index contributed by atoms with van der Waals surface area (Å²) in [5.41, 5.74) is 1.62. The minimum absolute atomic E-state index is 0.492. The molecule has 0 saturated heterocycles. The Morgan fingerprint density at radius 2 is 2.20 bits per heavy atom. The smallest absolute Gasteiger partial charge is 0.116 e. The minimum Gasteiger partial charge on any atom is -0.386 e.